The number of amides is 2. The molecule has 0 saturated carbocycles. The zero-order valence-electron chi connectivity index (χ0n) is 13.8. The van der Waals surface area contributed by atoms with Gasteiger partial charge < -0.3 is 5.11 Å². The van der Waals surface area contributed by atoms with E-state index in [9.17, 15) is 24.8 Å². The minimum absolute atomic E-state index is 0.00899. The lowest BCUT2D eigenvalue weighted by Gasteiger charge is -2.18. The van der Waals surface area contributed by atoms with Crippen LogP contribution in [0.25, 0.3) is 11.1 Å². The van der Waals surface area contributed by atoms with E-state index in [1.165, 1.54) is 24.3 Å². The highest BCUT2D eigenvalue weighted by atomic mass is 16.6. The standard InChI is InChI=1S/C20H12N2O5/c23-14-8-5-12(6-9-14)15-3-1-2-4-18(15)21-19(24)16-10-7-13(22(26)27)11-17(16)20(21)25/h1-11,23H. The average Bonchev–Trinajstić information content (AvgIpc) is 2.92. The number of hydrogen-bond donors (Lipinski definition) is 1. The molecule has 0 fully saturated rings. The lowest BCUT2D eigenvalue weighted by Crippen LogP contribution is -2.29. The molecule has 0 aromatic heterocycles. The molecule has 1 aliphatic rings. The van der Waals surface area contributed by atoms with Gasteiger partial charge in [0.2, 0.25) is 0 Å². The second-order valence-electron chi connectivity index (χ2n) is 6.00. The molecule has 2 amide bonds. The minimum atomic E-state index is -0.607. The molecule has 0 aliphatic carbocycles. The molecule has 7 nitrogen and oxygen atoms in total. The van der Waals surface area contributed by atoms with Crippen LogP contribution >= 0.6 is 0 Å². The Labute approximate surface area is 153 Å². The van der Waals surface area contributed by atoms with E-state index in [4.69, 9.17) is 0 Å². The second kappa shape index (κ2) is 6.06. The highest BCUT2D eigenvalue weighted by Gasteiger charge is 2.38. The van der Waals surface area contributed by atoms with Gasteiger partial charge in [-0.3, -0.25) is 19.7 Å². The van der Waals surface area contributed by atoms with Gasteiger partial charge in [0.15, 0.2) is 0 Å². The fourth-order valence-electron chi connectivity index (χ4n) is 3.11. The van der Waals surface area contributed by atoms with Gasteiger partial charge in [0, 0.05) is 17.7 Å². The van der Waals surface area contributed by atoms with Gasteiger partial charge in [-0.2, -0.15) is 0 Å². The van der Waals surface area contributed by atoms with Crippen LogP contribution in [0.5, 0.6) is 5.75 Å². The van der Waals surface area contributed by atoms with Crippen molar-refractivity contribution in [2.75, 3.05) is 4.90 Å². The number of phenols is 1. The van der Waals surface area contributed by atoms with Gasteiger partial charge in [-0.1, -0.05) is 30.3 Å². The molecule has 0 unspecified atom stereocenters. The van der Waals surface area contributed by atoms with E-state index < -0.39 is 16.7 Å². The first kappa shape index (κ1) is 16.5. The van der Waals surface area contributed by atoms with Crippen LogP contribution in [-0.2, 0) is 0 Å². The van der Waals surface area contributed by atoms with E-state index in [0.717, 1.165) is 11.0 Å². The Kier molecular flexibility index (Phi) is 3.70. The number of para-hydroxylation sites is 1. The number of fused-ring (bicyclic) bond motifs is 1. The summed E-state index contributed by atoms with van der Waals surface area (Å²) in [7, 11) is 0. The summed E-state index contributed by atoms with van der Waals surface area (Å²) in [4.78, 5) is 37.1. The highest BCUT2D eigenvalue weighted by molar-refractivity contribution is 6.35. The average molecular weight is 360 g/mol. The van der Waals surface area contributed by atoms with Crippen molar-refractivity contribution in [1.82, 2.24) is 0 Å². The molecule has 3 aromatic rings. The Morgan fingerprint density at radius 3 is 2.19 bits per heavy atom. The van der Waals surface area contributed by atoms with Gasteiger partial charge in [0.1, 0.15) is 5.75 Å². The van der Waals surface area contributed by atoms with Crippen molar-refractivity contribution in [3.05, 3.63) is 88.0 Å². The van der Waals surface area contributed by atoms with Crippen molar-refractivity contribution in [2.45, 2.75) is 0 Å². The maximum Gasteiger partial charge on any atom is 0.270 e. The van der Waals surface area contributed by atoms with Crippen LogP contribution in [-0.4, -0.2) is 21.8 Å². The first-order chi connectivity index (χ1) is 13.0. The number of non-ortho nitro benzene ring substituents is 1. The number of anilines is 1. The monoisotopic (exact) mass is 360 g/mol. The molecule has 0 spiro atoms. The van der Waals surface area contributed by atoms with Gasteiger partial charge in [0.05, 0.1) is 21.7 Å². The summed E-state index contributed by atoms with van der Waals surface area (Å²) >= 11 is 0. The zero-order chi connectivity index (χ0) is 19.1. The Bertz CT molecular complexity index is 1110. The Morgan fingerprint density at radius 2 is 1.48 bits per heavy atom. The predicted octanol–water partition coefficient (Wildman–Crippen LogP) is 3.77. The Hall–Kier alpha value is -4.00. The molecule has 1 N–H and O–H groups in total. The molecule has 27 heavy (non-hydrogen) atoms. The summed E-state index contributed by atoms with van der Waals surface area (Å²) in [6.45, 7) is 0. The van der Waals surface area contributed by atoms with E-state index in [1.807, 2.05) is 0 Å². The number of carbonyl (C=O) groups excluding carboxylic acids is 2. The number of nitro benzene ring substituents is 1. The maximum absolute atomic E-state index is 12.9. The minimum Gasteiger partial charge on any atom is -0.508 e. The number of aromatic hydroxyl groups is 1. The highest BCUT2D eigenvalue weighted by Crippen LogP contribution is 2.37. The van der Waals surface area contributed by atoms with Crippen LogP contribution in [0.2, 0.25) is 0 Å². The fraction of sp³-hybridized carbons (Fsp3) is 0. The predicted molar refractivity (Wildman–Crippen MR) is 97.8 cm³/mol. The Balaban J connectivity index is 1.83. The van der Waals surface area contributed by atoms with Gasteiger partial charge >= 0.3 is 0 Å². The number of phenolic OH excluding ortho intramolecular Hbond substituents is 1. The molecule has 4 rings (SSSR count). The summed E-state index contributed by atoms with van der Waals surface area (Å²) in [6, 6.07) is 16.9. The van der Waals surface area contributed by atoms with Crippen LogP contribution in [0.1, 0.15) is 20.7 Å². The van der Waals surface area contributed by atoms with Crippen molar-refractivity contribution in [3.63, 3.8) is 0 Å². The summed E-state index contributed by atoms with van der Waals surface area (Å²) < 4.78 is 0. The molecule has 3 aromatic carbocycles. The third-order valence-electron chi connectivity index (χ3n) is 4.40. The smallest absolute Gasteiger partial charge is 0.270 e. The number of imide groups is 1. The van der Waals surface area contributed by atoms with E-state index >= 15 is 0 Å². The lowest BCUT2D eigenvalue weighted by molar-refractivity contribution is -0.384. The fourth-order valence-corrected chi connectivity index (χ4v) is 3.11. The van der Waals surface area contributed by atoms with Gasteiger partial charge in [-0.05, 0) is 29.8 Å². The topological polar surface area (TPSA) is 101 Å². The van der Waals surface area contributed by atoms with Crippen molar-refractivity contribution in [3.8, 4) is 16.9 Å². The third-order valence-corrected chi connectivity index (χ3v) is 4.40. The molecule has 0 saturated heterocycles. The summed E-state index contributed by atoms with van der Waals surface area (Å²) in [5.41, 5.74) is 1.61. The number of nitro groups is 1. The van der Waals surface area contributed by atoms with Crippen LogP contribution < -0.4 is 4.90 Å². The normalized spacial score (nSPS) is 13.0. The molecule has 0 bridgehead atoms. The van der Waals surface area contributed by atoms with Crippen LogP contribution in [0.15, 0.2) is 66.7 Å². The summed E-state index contributed by atoms with van der Waals surface area (Å²) in [6.07, 6.45) is 0. The molecule has 1 aliphatic heterocycles. The van der Waals surface area contributed by atoms with Crippen LogP contribution in [0.3, 0.4) is 0 Å². The molecule has 0 radical (unpaired) electrons. The first-order valence-electron chi connectivity index (χ1n) is 8.03. The Morgan fingerprint density at radius 1 is 0.815 bits per heavy atom. The second-order valence-corrected chi connectivity index (χ2v) is 6.00. The molecule has 7 heteroatoms. The first-order valence-corrected chi connectivity index (χ1v) is 8.03. The number of rotatable bonds is 3. The van der Waals surface area contributed by atoms with Gasteiger partial charge in [-0.25, -0.2) is 4.90 Å². The quantitative estimate of drug-likeness (QED) is 0.435. The maximum atomic E-state index is 12.9. The van der Waals surface area contributed by atoms with E-state index in [0.29, 0.717) is 16.8 Å². The zero-order valence-corrected chi connectivity index (χ0v) is 13.8. The molecule has 1 heterocycles. The molecule has 132 valence electrons. The third kappa shape index (κ3) is 2.62. The van der Waals surface area contributed by atoms with Crippen molar-refractivity contribution >= 4 is 23.2 Å². The lowest BCUT2D eigenvalue weighted by atomic mass is 10.0. The number of hydrogen-bond acceptors (Lipinski definition) is 5. The molecular formula is C20H12N2O5. The SMILES string of the molecule is O=C1c2ccc([N+](=O)[O-])cc2C(=O)N1c1ccccc1-c1ccc(O)cc1. The van der Waals surface area contributed by atoms with Crippen LogP contribution in [0.4, 0.5) is 11.4 Å². The van der Waals surface area contributed by atoms with Crippen LogP contribution in [0, 0.1) is 10.1 Å². The van der Waals surface area contributed by atoms with Crippen molar-refractivity contribution in [1.29, 1.82) is 0 Å². The van der Waals surface area contributed by atoms with Gasteiger partial charge in [-0.15, -0.1) is 0 Å². The van der Waals surface area contributed by atoms with E-state index in [-0.39, 0.29) is 22.6 Å². The number of benzene rings is 3. The van der Waals surface area contributed by atoms with Gasteiger partial charge in [0.25, 0.3) is 17.5 Å². The van der Waals surface area contributed by atoms with Crippen molar-refractivity contribution in [2.24, 2.45) is 0 Å². The largest absolute Gasteiger partial charge is 0.508 e. The summed E-state index contributed by atoms with van der Waals surface area (Å²) in [5.74, 6) is -1.04. The molecular weight excluding hydrogens is 348 g/mol. The summed E-state index contributed by atoms with van der Waals surface area (Å²) in [5, 5.41) is 20.5. The number of nitrogens with zero attached hydrogens (tertiary/aromatic N) is 2. The van der Waals surface area contributed by atoms with E-state index in [2.05, 4.69) is 0 Å². The van der Waals surface area contributed by atoms with Crippen molar-refractivity contribution < 1.29 is 19.6 Å². The molecule has 0 atom stereocenters. The number of carbonyl (C=O) groups is 2. The van der Waals surface area contributed by atoms with E-state index in [1.54, 1.807) is 36.4 Å².